The van der Waals surface area contributed by atoms with Crippen LogP contribution < -0.4 is 5.73 Å². The predicted octanol–water partition coefficient (Wildman–Crippen LogP) is 2.39. The number of carbonyl (C=O) groups is 1. The molecule has 1 fully saturated rings. The summed E-state index contributed by atoms with van der Waals surface area (Å²) in [7, 11) is 0. The van der Waals surface area contributed by atoms with E-state index in [0.29, 0.717) is 53.5 Å². The van der Waals surface area contributed by atoms with Gasteiger partial charge in [0.25, 0.3) is 0 Å². The molecule has 1 saturated heterocycles. The molecule has 2 N–H and O–H groups in total. The molecule has 4 heterocycles. The SMILES string of the molecule is Nc1ncnc2c1c(-c1cn(CCc3ccccc3)nn1)nn2[C@@H]1CCCN(C(=O)CCS)C1. The standard InChI is InChI=1S/C23H27N9OS/c24-22-20-21(18-14-31(29-27-18)11-8-16-5-2-1-3-6-16)28-32(23(20)26-15-25-22)17-7-4-10-30(13-17)19(33)9-12-34/h1-3,5-6,14-15,17,34H,4,7-13H2,(H2,24,25,26)/t17-/m1/s1. The number of thiol groups is 1. The number of benzene rings is 1. The van der Waals surface area contributed by atoms with Gasteiger partial charge in [-0.1, -0.05) is 35.5 Å². The van der Waals surface area contributed by atoms with Crippen molar-refractivity contribution in [3.63, 3.8) is 0 Å². The highest BCUT2D eigenvalue weighted by atomic mass is 32.1. The average molecular weight is 478 g/mol. The van der Waals surface area contributed by atoms with E-state index in [0.717, 1.165) is 25.8 Å². The van der Waals surface area contributed by atoms with Crippen molar-refractivity contribution in [1.29, 1.82) is 0 Å². The zero-order chi connectivity index (χ0) is 23.5. The van der Waals surface area contributed by atoms with Crippen LogP contribution in [0.5, 0.6) is 0 Å². The van der Waals surface area contributed by atoms with E-state index >= 15 is 0 Å². The van der Waals surface area contributed by atoms with E-state index in [2.05, 4.69) is 45.0 Å². The fraction of sp³-hybridized carbons (Fsp3) is 0.391. The fourth-order valence-electron chi connectivity index (χ4n) is 4.47. The molecule has 0 aliphatic carbocycles. The molecule has 0 radical (unpaired) electrons. The van der Waals surface area contributed by atoms with Gasteiger partial charge in [0.2, 0.25) is 5.91 Å². The van der Waals surface area contributed by atoms with Crippen LogP contribution in [0.3, 0.4) is 0 Å². The molecular weight excluding hydrogens is 450 g/mol. The molecule has 0 bridgehead atoms. The third-order valence-corrected chi connectivity index (χ3v) is 6.42. The van der Waals surface area contributed by atoms with Crippen LogP contribution in [0.15, 0.2) is 42.9 Å². The van der Waals surface area contributed by atoms with Crippen molar-refractivity contribution in [2.24, 2.45) is 0 Å². The Morgan fingerprint density at radius 3 is 2.88 bits per heavy atom. The number of fused-ring (bicyclic) bond motifs is 1. The maximum atomic E-state index is 12.5. The molecule has 1 aliphatic heterocycles. The molecule has 0 unspecified atom stereocenters. The maximum absolute atomic E-state index is 12.5. The molecule has 5 rings (SSSR count). The number of likely N-dealkylation sites (tertiary alicyclic amines) is 1. The van der Waals surface area contributed by atoms with Gasteiger partial charge in [-0.25, -0.2) is 14.6 Å². The van der Waals surface area contributed by atoms with Crippen molar-refractivity contribution in [2.45, 2.75) is 38.3 Å². The van der Waals surface area contributed by atoms with Gasteiger partial charge in [-0.05, 0) is 30.6 Å². The Labute approximate surface area is 202 Å². The molecule has 10 nitrogen and oxygen atoms in total. The first-order valence-electron chi connectivity index (χ1n) is 11.5. The van der Waals surface area contributed by atoms with Gasteiger partial charge in [-0.2, -0.15) is 17.7 Å². The molecule has 1 amide bonds. The Balaban J connectivity index is 1.44. The summed E-state index contributed by atoms with van der Waals surface area (Å²) < 4.78 is 3.69. The third-order valence-electron chi connectivity index (χ3n) is 6.19. The summed E-state index contributed by atoms with van der Waals surface area (Å²) in [5.41, 5.74) is 9.38. The fourth-order valence-corrected chi connectivity index (χ4v) is 4.66. The minimum atomic E-state index is -0.00343. The monoisotopic (exact) mass is 477 g/mol. The lowest BCUT2D eigenvalue weighted by Crippen LogP contribution is -2.41. The second-order valence-electron chi connectivity index (χ2n) is 8.46. The minimum Gasteiger partial charge on any atom is -0.383 e. The molecule has 1 aromatic carbocycles. The quantitative estimate of drug-likeness (QED) is 0.392. The summed E-state index contributed by atoms with van der Waals surface area (Å²) >= 11 is 4.20. The highest BCUT2D eigenvalue weighted by Crippen LogP contribution is 2.33. The molecule has 176 valence electrons. The van der Waals surface area contributed by atoms with E-state index in [1.54, 1.807) is 0 Å². The lowest BCUT2D eigenvalue weighted by Gasteiger charge is -2.33. The Bertz CT molecular complexity index is 1290. The van der Waals surface area contributed by atoms with Crippen LogP contribution in [0.25, 0.3) is 22.4 Å². The number of piperidine rings is 1. The molecule has 0 spiro atoms. The summed E-state index contributed by atoms with van der Waals surface area (Å²) in [5, 5.41) is 14.2. The van der Waals surface area contributed by atoms with Crippen LogP contribution in [0.2, 0.25) is 0 Å². The Morgan fingerprint density at radius 2 is 2.06 bits per heavy atom. The highest BCUT2D eigenvalue weighted by Gasteiger charge is 2.29. The summed E-state index contributed by atoms with van der Waals surface area (Å²) in [4.78, 5) is 23.0. The molecule has 0 saturated carbocycles. The number of hydrogen-bond acceptors (Lipinski definition) is 8. The van der Waals surface area contributed by atoms with E-state index in [1.165, 1.54) is 11.9 Å². The Kier molecular flexibility index (Phi) is 6.43. The highest BCUT2D eigenvalue weighted by molar-refractivity contribution is 7.80. The van der Waals surface area contributed by atoms with Gasteiger partial charge >= 0.3 is 0 Å². The minimum absolute atomic E-state index is 0.00343. The normalized spacial score (nSPS) is 16.3. The van der Waals surface area contributed by atoms with Gasteiger partial charge in [0, 0.05) is 26.1 Å². The zero-order valence-corrected chi connectivity index (χ0v) is 19.7. The van der Waals surface area contributed by atoms with Crippen molar-refractivity contribution < 1.29 is 4.79 Å². The van der Waals surface area contributed by atoms with E-state index in [4.69, 9.17) is 10.8 Å². The molecule has 34 heavy (non-hydrogen) atoms. The van der Waals surface area contributed by atoms with E-state index in [9.17, 15) is 4.79 Å². The largest absolute Gasteiger partial charge is 0.383 e. The number of hydrogen-bond donors (Lipinski definition) is 2. The molecule has 4 aromatic rings. The van der Waals surface area contributed by atoms with Gasteiger partial charge in [-0.15, -0.1) is 5.10 Å². The number of amides is 1. The first-order valence-corrected chi connectivity index (χ1v) is 12.1. The average Bonchev–Trinajstić information content (AvgIpc) is 3.49. The van der Waals surface area contributed by atoms with E-state index in [-0.39, 0.29) is 11.9 Å². The number of nitrogens with zero attached hydrogens (tertiary/aromatic N) is 8. The summed E-state index contributed by atoms with van der Waals surface area (Å²) in [5.74, 6) is 1.01. The van der Waals surface area contributed by atoms with E-state index in [1.807, 2.05) is 38.7 Å². The third kappa shape index (κ3) is 4.47. The van der Waals surface area contributed by atoms with Crippen LogP contribution in [0.4, 0.5) is 5.82 Å². The Hall–Kier alpha value is -3.47. The number of aryl methyl sites for hydroxylation is 2. The van der Waals surface area contributed by atoms with Crippen molar-refractivity contribution >= 4 is 35.4 Å². The lowest BCUT2D eigenvalue weighted by molar-refractivity contribution is -0.132. The zero-order valence-electron chi connectivity index (χ0n) is 18.8. The molecule has 3 aromatic heterocycles. The van der Waals surface area contributed by atoms with Crippen molar-refractivity contribution in [1.82, 2.24) is 39.6 Å². The molecule has 1 atom stereocenters. The number of carbonyl (C=O) groups excluding carboxylic acids is 1. The number of aromatic nitrogens is 7. The van der Waals surface area contributed by atoms with Gasteiger partial charge in [0.15, 0.2) is 5.65 Å². The van der Waals surface area contributed by atoms with Crippen molar-refractivity contribution in [3.05, 3.63) is 48.4 Å². The number of nitrogens with two attached hydrogens (primary N) is 1. The van der Waals surface area contributed by atoms with Crippen LogP contribution in [0, 0.1) is 0 Å². The van der Waals surface area contributed by atoms with Gasteiger partial charge < -0.3 is 10.6 Å². The molecule has 1 aliphatic rings. The van der Waals surface area contributed by atoms with Crippen LogP contribution >= 0.6 is 12.6 Å². The van der Waals surface area contributed by atoms with Crippen molar-refractivity contribution in [2.75, 3.05) is 24.6 Å². The van der Waals surface area contributed by atoms with Gasteiger partial charge in [0.05, 0.1) is 17.6 Å². The van der Waals surface area contributed by atoms with Gasteiger partial charge in [0.1, 0.15) is 23.5 Å². The second kappa shape index (κ2) is 9.80. The molecule has 11 heteroatoms. The number of nitrogen functional groups attached to an aromatic ring is 1. The lowest BCUT2D eigenvalue weighted by atomic mass is 10.1. The van der Waals surface area contributed by atoms with Crippen LogP contribution in [0.1, 0.15) is 30.9 Å². The maximum Gasteiger partial charge on any atom is 0.223 e. The van der Waals surface area contributed by atoms with Crippen molar-refractivity contribution in [3.8, 4) is 11.4 Å². The van der Waals surface area contributed by atoms with Crippen LogP contribution in [-0.4, -0.2) is 64.4 Å². The first-order chi connectivity index (χ1) is 16.6. The topological polar surface area (TPSA) is 121 Å². The van der Waals surface area contributed by atoms with E-state index < -0.39 is 0 Å². The smallest absolute Gasteiger partial charge is 0.223 e. The number of anilines is 1. The second-order valence-corrected chi connectivity index (χ2v) is 8.91. The summed E-state index contributed by atoms with van der Waals surface area (Å²) in [6.07, 6.45) is 6.41. The van der Waals surface area contributed by atoms with Crippen LogP contribution in [-0.2, 0) is 17.8 Å². The summed E-state index contributed by atoms with van der Waals surface area (Å²) in [6.45, 7) is 2.03. The van der Waals surface area contributed by atoms with Gasteiger partial charge in [-0.3, -0.25) is 9.48 Å². The first kappa shape index (κ1) is 22.3. The molecular formula is C23H27N9OS. The Morgan fingerprint density at radius 1 is 1.21 bits per heavy atom. The number of rotatable bonds is 7. The summed E-state index contributed by atoms with van der Waals surface area (Å²) in [6, 6.07) is 10.3. The predicted molar refractivity (Wildman–Crippen MR) is 132 cm³/mol.